The van der Waals surface area contributed by atoms with Crippen molar-refractivity contribution in [2.24, 2.45) is 0 Å². The van der Waals surface area contributed by atoms with Crippen LogP contribution in [-0.4, -0.2) is 29.3 Å². The third-order valence-corrected chi connectivity index (χ3v) is 3.48. The molecule has 3 rings (SSSR count). The molecule has 1 aromatic heterocycles. The van der Waals surface area contributed by atoms with Crippen molar-refractivity contribution in [3.05, 3.63) is 47.7 Å². The molecule has 0 saturated heterocycles. The minimum Gasteiger partial charge on any atom is -0.493 e. The minimum absolute atomic E-state index is 0.0327. The van der Waals surface area contributed by atoms with Gasteiger partial charge in [0.1, 0.15) is 19.5 Å². The third kappa shape index (κ3) is 3.73. The van der Waals surface area contributed by atoms with Gasteiger partial charge in [-0.2, -0.15) is 4.98 Å². The van der Waals surface area contributed by atoms with E-state index >= 15 is 0 Å². The average molecular weight is 330 g/mol. The zero-order valence-corrected chi connectivity index (χ0v) is 13.5. The number of carbonyl (C=O) groups excluding carboxylic acids is 1. The number of hydrogen-bond acceptors (Lipinski definition) is 7. The van der Waals surface area contributed by atoms with Gasteiger partial charge in [-0.05, 0) is 11.5 Å². The van der Waals surface area contributed by atoms with E-state index in [0.29, 0.717) is 25.0 Å². The number of esters is 1. The molecule has 1 aliphatic rings. The molecule has 0 radical (unpaired) electrons. The van der Waals surface area contributed by atoms with Crippen molar-refractivity contribution in [1.29, 1.82) is 0 Å². The van der Waals surface area contributed by atoms with Crippen molar-refractivity contribution in [2.75, 3.05) is 13.2 Å². The lowest BCUT2D eigenvalue weighted by atomic mass is 10.0. The first-order chi connectivity index (χ1) is 11.6. The van der Waals surface area contributed by atoms with Crippen LogP contribution in [0.3, 0.4) is 0 Å². The first-order valence-electron chi connectivity index (χ1n) is 7.68. The highest BCUT2D eigenvalue weighted by Crippen LogP contribution is 2.20. The van der Waals surface area contributed by atoms with E-state index in [0.717, 1.165) is 5.56 Å². The van der Waals surface area contributed by atoms with E-state index in [1.54, 1.807) is 0 Å². The summed E-state index contributed by atoms with van der Waals surface area (Å²) in [5, 5.41) is 3.90. The summed E-state index contributed by atoms with van der Waals surface area (Å²) in [4.78, 5) is 16.0. The molecule has 1 aliphatic heterocycles. The summed E-state index contributed by atoms with van der Waals surface area (Å²) in [6, 6.07) is 7.94. The van der Waals surface area contributed by atoms with E-state index in [1.807, 2.05) is 24.3 Å². The molecular formula is C17H18N2O5. The monoisotopic (exact) mass is 330 g/mol. The molecule has 0 unspecified atom stereocenters. The number of nitrogens with zero attached hydrogens (tertiary/aromatic N) is 2. The predicted octanol–water partition coefficient (Wildman–Crippen LogP) is 2.79. The van der Waals surface area contributed by atoms with Gasteiger partial charge in [-0.1, -0.05) is 43.3 Å². The van der Waals surface area contributed by atoms with E-state index in [1.165, 1.54) is 11.8 Å². The smallest absolute Gasteiger partial charge is 0.377 e. The van der Waals surface area contributed by atoms with Crippen LogP contribution in [0.1, 0.15) is 31.2 Å². The van der Waals surface area contributed by atoms with Gasteiger partial charge in [-0.25, -0.2) is 4.79 Å². The van der Waals surface area contributed by atoms with Gasteiger partial charge >= 0.3 is 5.97 Å². The Kier molecular flexibility index (Phi) is 4.79. The molecule has 0 bridgehead atoms. The van der Waals surface area contributed by atoms with Crippen LogP contribution in [0.25, 0.3) is 11.4 Å². The fraction of sp³-hybridized carbons (Fsp3) is 0.353. The second kappa shape index (κ2) is 7.16. The molecule has 0 amide bonds. The highest BCUT2D eigenvalue weighted by Gasteiger charge is 2.18. The van der Waals surface area contributed by atoms with Crippen molar-refractivity contribution in [1.82, 2.24) is 10.1 Å². The number of rotatable bonds is 5. The second-order valence-electron chi connectivity index (χ2n) is 5.57. The maximum atomic E-state index is 11.8. The molecule has 0 atom stereocenters. The SMILES string of the molecule is CC(C)c1ccc(-c2noc(COC(=O)C3=COCCO3)n2)cc1. The molecule has 0 saturated carbocycles. The molecule has 7 nitrogen and oxygen atoms in total. The van der Waals surface area contributed by atoms with Gasteiger partial charge in [0.2, 0.25) is 11.6 Å². The summed E-state index contributed by atoms with van der Waals surface area (Å²) >= 11 is 0. The molecule has 126 valence electrons. The lowest BCUT2D eigenvalue weighted by Crippen LogP contribution is -2.17. The fourth-order valence-corrected chi connectivity index (χ4v) is 2.12. The van der Waals surface area contributed by atoms with E-state index in [4.69, 9.17) is 18.7 Å². The van der Waals surface area contributed by atoms with E-state index in [9.17, 15) is 4.79 Å². The lowest BCUT2D eigenvalue weighted by molar-refractivity contribution is -0.146. The summed E-state index contributed by atoms with van der Waals surface area (Å²) in [7, 11) is 0. The van der Waals surface area contributed by atoms with Gasteiger partial charge in [0.15, 0.2) is 6.61 Å². The predicted molar refractivity (Wildman–Crippen MR) is 83.6 cm³/mol. The van der Waals surface area contributed by atoms with Crippen LogP contribution >= 0.6 is 0 Å². The maximum Gasteiger partial charge on any atom is 0.377 e. The normalized spacial score (nSPS) is 13.9. The summed E-state index contributed by atoms with van der Waals surface area (Å²) in [5.74, 6) is 0.525. The zero-order chi connectivity index (χ0) is 16.9. The molecule has 1 aromatic carbocycles. The maximum absolute atomic E-state index is 11.8. The molecule has 0 N–H and O–H groups in total. The van der Waals surface area contributed by atoms with Crippen LogP contribution in [0.2, 0.25) is 0 Å². The number of ether oxygens (including phenoxy) is 3. The third-order valence-electron chi connectivity index (χ3n) is 3.48. The summed E-state index contributed by atoms with van der Waals surface area (Å²) in [5.41, 5.74) is 2.08. The van der Waals surface area contributed by atoms with E-state index < -0.39 is 5.97 Å². The second-order valence-corrected chi connectivity index (χ2v) is 5.57. The van der Waals surface area contributed by atoms with Gasteiger partial charge in [0.25, 0.3) is 5.89 Å². The first-order valence-corrected chi connectivity index (χ1v) is 7.68. The molecule has 24 heavy (non-hydrogen) atoms. The zero-order valence-electron chi connectivity index (χ0n) is 13.5. The van der Waals surface area contributed by atoms with Gasteiger partial charge in [0.05, 0.1) is 0 Å². The Bertz CT molecular complexity index is 734. The number of hydrogen-bond donors (Lipinski definition) is 0. The quantitative estimate of drug-likeness (QED) is 0.779. The molecule has 0 fully saturated rings. The van der Waals surface area contributed by atoms with E-state index in [-0.39, 0.29) is 18.3 Å². The minimum atomic E-state index is -0.629. The largest absolute Gasteiger partial charge is 0.493 e. The molecule has 2 heterocycles. The average Bonchev–Trinajstić information content (AvgIpc) is 3.09. The molecule has 2 aromatic rings. The fourth-order valence-electron chi connectivity index (χ4n) is 2.12. The van der Waals surface area contributed by atoms with Crippen molar-refractivity contribution in [3.8, 4) is 11.4 Å². The molecule has 7 heteroatoms. The van der Waals surface area contributed by atoms with Gasteiger partial charge < -0.3 is 18.7 Å². The number of carbonyl (C=O) groups is 1. The van der Waals surface area contributed by atoms with Crippen LogP contribution < -0.4 is 0 Å². The van der Waals surface area contributed by atoms with Crippen LogP contribution in [0.5, 0.6) is 0 Å². The van der Waals surface area contributed by atoms with Crippen LogP contribution in [0, 0.1) is 0 Å². The summed E-state index contributed by atoms with van der Waals surface area (Å²) in [6.07, 6.45) is 1.24. The van der Waals surface area contributed by atoms with Gasteiger partial charge in [0, 0.05) is 5.56 Å². The first kappa shape index (κ1) is 16.0. The summed E-state index contributed by atoms with van der Waals surface area (Å²) in [6.45, 7) is 4.87. The standard InChI is InChI=1S/C17H18N2O5/c1-11(2)12-3-5-13(6-4-12)16-18-15(24-19-16)10-23-17(20)14-9-21-7-8-22-14/h3-6,9,11H,7-8,10H2,1-2H3. The lowest BCUT2D eigenvalue weighted by Gasteiger charge is -2.13. The van der Waals surface area contributed by atoms with Crippen molar-refractivity contribution in [2.45, 2.75) is 26.4 Å². The Hall–Kier alpha value is -2.83. The Labute approximate surface area is 139 Å². The Morgan fingerprint density at radius 3 is 2.71 bits per heavy atom. The molecular weight excluding hydrogens is 312 g/mol. The van der Waals surface area contributed by atoms with Gasteiger partial charge in [-0.3, -0.25) is 0 Å². The van der Waals surface area contributed by atoms with Crippen molar-refractivity contribution >= 4 is 5.97 Å². The highest BCUT2D eigenvalue weighted by molar-refractivity contribution is 5.85. The van der Waals surface area contributed by atoms with E-state index in [2.05, 4.69) is 24.0 Å². The number of aromatic nitrogens is 2. The molecule has 0 spiro atoms. The van der Waals surface area contributed by atoms with Gasteiger partial charge in [-0.15, -0.1) is 0 Å². The summed E-state index contributed by atoms with van der Waals surface area (Å²) < 4.78 is 20.3. The topological polar surface area (TPSA) is 83.7 Å². The molecule has 0 aliphatic carbocycles. The van der Waals surface area contributed by atoms with Crippen LogP contribution in [0.15, 0.2) is 40.8 Å². The van der Waals surface area contributed by atoms with Crippen molar-refractivity contribution < 1.29 is 23.5 Å². The Morgan fingerprint density at radius 1 is 1.25 bits per heavy atom. The van der Waals surface area contributed by atoms with Crippen LogP contribution in [0.4, 0.5) is 0 Å². The van der Waals surface area contributed by atoms with Crippen molar-refractivity contribution in [3.63, 3.8) is 0 Å². The Morgan fingerprint density at radius 2 is 2.04 bits per heavy atom. The Balaban J connectivity index is 1.61. The highest BCUT2D eigenvalue weighted by atomic mass is 16.6. The number of benzene rings is 1. The van der Waals surface area contributed by atoms with Crippen LogP contribution in [-0.2, 0) is 25.6 Å².